The lowest BCUT2D eigenvalue weighted by Gasteiger charge is -2.19. The second kappa shape index (κ2) is 21.8. The number of rotatable bonds is 8. The number of fused-ring (bicyclic) bond motifs is 11. The average Bonchev–Trinajstić information content (AvgIpc) is 1.57. The molecule has 0 unspecified atom stereocenters. The smallest absolute Gasteiger partial charge is 0.145 e. The molecule has 0 N–H and O–H groups in total. The van der Waals surface area contributed by atoms with E-state index in [0.29, 0.717) is 0 Å². The summed E-state index contributed by atoms with van der Waals surface area (Å²) in [6.07, 6.45) is 0. The third-order valence-electron chi connectivity index (χ3n) is 20.3. The maximum absolute atomic E-state index is 5.44. The quantitative estimate of drug-likeness (QED) is 0.152. The van der Waals surface area contributed by atoms with E-state index < -0.39 is 0 Å². The molecule has 17 aromatic rings. The molecule has 0 aliphatic carbocycles. The average molecular weight is 1260 g/mol. The summed E-state index contributed by atoms with van der Waals surface area (Å²) < 4.78 is 12.1. The highest BCUT2D eigenvalue weighted by atomic mass is 15.1. The van der Waals surface area contributed by atoms with Gasteiger partial charge in [-0.1, -0.05) is 180 Å². The standard InChI is InChI=1S/C90H79N7/c1-87(2,3)60-33-41-77-69(50-60)70-51-61(88(4,5)6)34-42-78(70)94(77)67-39-45-81-73(54-67)74-55-68(95-79-43-35-62(89(7,8)9)52-71(79)72-53-63(90(10,11)12)36-44-80(72)95)40-46-82(74)93(81)66-37-31-56(32-38-66)57-47-58(85-91-75-27-19-21-29-83(75)96(85)64-23-15-13-16-24-64)49-59(48-57)86-92-76-28-20-22-30-84(76)97(86)65-25-17-14-18-26-65/h13-55H,1-12H3. The zero-order chi connectivity index (χ0) is 66.6. The highest BCUT2D eigenvalue weighted by Gasteiger charge is 2.27. The second-order valence-corrected chi connectivity index (χ2v) is 30.9. The minimum Gasteiger partial charge on any atom is -0.309 e. The van der Waals surface area contributed by atoms with Crippen molar-refractivity contribution in [3.63, 3.8) is 0 Å². The van der Waals surface area contributed by atoms with Gasteiger partial charge in [0.05, 0.1) is 55.2 Å². The van der Waals surface area contributed by atoms with Gasteiger partial charge in [0, 0.05) is 71.9 Å². The Hall–Kier alpha value is -11.0. The van der Waals surface area contributed by atoms with Gasteiger partial charge in [0.1, 0.15) is 11.6 Å². The molecule has 0 atom stereocenters. The van der Waals surface area contributed by atoms with Gasteiger partial charge in [-0.3, -0.25) is 9.13 Å². The molecule has 0 saturated heterocycles. The molecule has 7 heteroatoms. The van der Waals surface area contributed by atoms with Crippen LogP contribution in [0.2, 0.25) is 0 Å². The first-order chi connectivity index (χ1) is 46.6. The van der Waals surface area contributed by atoms with Crippen LogP contribution >= 0.6 is 0 Å². The van der Waals surface area contributed by atoms with E-state index in [2.05, 4.69) is 367 Å². The van der Waals surface area contributed by atoms with Crippen LogP contribution in [0.5, 0.6) is 0 Å². The highest BCUT2D eigenvalue weighted by molar-refractivity contribution is 6.14. The van der Waals surface area contributed by atoms with Gasteiger partial charge in [-0.25, -0.2) is 9.97 Å². The lowest BCUT2D eigenvalue weighted by atomic mass is 9.85. The minimum absolute atomic E-state index is 0.0149. The summed E-state index contributed by atoms with van der Waals surface area (Å²) >= 11 is 0. The van der Waals surface area contributed by atoms with E-state index in [1.54, 1.807) is 0 Å². The third kappa shape index (κ3) is 9.91. The first-order valence-corrected chi connectivity index (χ1v) is 34.2. The van der Waals surface area contributed by atoms with Crippen molar-refractivity contribution in [2.45, 2.75) is 105 Å². The number of imidazole rings is 2. The molecule has 0 amide bonds. The Bertz CT molecular complexity index is 5530. The van der Waals surface area contributed by atoms with Crippen LogP contribution in [0, 0.1) is 0 Å². The Morgan fingerprint density at radius 2 is 0.485 bits per heavy atom. The number of nitrogens with zero attached hydrogens (tertiary/aromatic N) is 7. The molecule has 0 spiro atoms. The summed E-state index contributed by atoms with van der Waals surface area (Å²) in [5.41, 5.74) is 25.7. The molecular formula is C90H79N7. The molecule has 7 nitrogen and oxygen atoms in total. The van der Waals surface area contributed by atoms with Gasteiger partial charge in [-0.15, -0.1) is 0 Å². The molecule has 0 fully saturated rings. The normalized spacial score (nSPS) is 12.7. The van der Waals surface area contributed by atoms with Crippen LogP contribution in [-0.2, 0) is 21.7 Å². The van der Waals surface area contributed by atoms with Crippen LogP contribution in [0.4, 0.5) is 0 Å². The van der Waals surface area contributed by atoms with E-state index in [9.17, 15) is 0 Å². The van der Waals surface area contributed by atoms with E-state index >= 15 is 0 Å². The third-order valence-corrected chi connectivity index (χ3v) is 20.3. The largest absolute Gasteiger partial charge is 0.309 e. The summed E-state index contributed by atoms with van der Waals surface area (Å²) in [7, 11) is 0. The summed E-state index contributed by atoms with van der Waals surface area (Å²) in [4.78, 5) is 10.9. The number of hydrogen-bond acceptors (Lipinski definition) is 2. The van der Waals surface area contributed by atoms with E-state index in [4.69, 9.17) is 9.97 Å². The van der Waals surface area contributed by atoms with Crippen molar-refractivity contribution in [2.24, 2.45) is 0 Å². The SMILES string of the molecule is CC(C)(C)c1ccc2c(c1)c1cc(C(C)(C)C)ccc1n2-c1ccc2c(c1)c1cc(-n3c4ccc(C(C)(C)C)cc4c4cc(C(C)(C)C)ccc43)ccc1n2-c1ccc(-c2cc(-c3nc4ccccc4n3-c3ccccc3)cc(-c3nc4ccccc4n3-c3ccccc3)c2)cc1. The fourth-order valence-corrected chi connectivity index (χ4v) is 15.0. The summed E-state index contributed by atoms with van der Waals surface area (Å²) in [6, 6.07) is 97.0. The van der Waals surface area contributed by atoms with Crippen LogP contribution in [0.15, 0.2) is 261 Å². The molecule has 97 heavy (non-hydrogen) atoms. The molecule has 5 heterocycles. The molecule has 17 rings (SSSR count). The molecule has 0 aliphatic rings. The number of para-hydroxylation sites is 6. The predicted octanol–water partition coefficient (Wildman–Crippen LogP) is 23.8. The number of aromatic nitrogens is 7. The summed E-state index contributed by atoms with van der Waals surface area (Å²) in [6.45, 7) is 27.8. The maximum Gasteiger partial charge on any atom is 0.145 e. The summed E-state index contributed by atoms with van der Waals surface area (Å²) in [5, 5.41) is 7.45. The Kier molecular flexibility index (Phi) is 13.4. The van der Waals surface area contributed by atoms with Gasteiger partial charge >= 0.3 is 0 Å². The summed E-state index contributed by atoms with van der Waals surface area (Å²) in [5.74, 6) is 1.71. The molecule has 0 saturated carbocycles. The monoisotopic (exact) mass is 1260 g/mol. The fourth-order valence-electron chi connectivity index (χ4n) is 15.0. The minimum atomic E-state index is -0.0149. The fraction of sp³-hybridized carbons (Fsp3) is 0.178. The Labute approximate surface area is 567 Å². The number of hydrogen-bond donors (Lipinski definition) is 0. The van der Waals surface area contributed by atoms with Crippen molar-refractivity contribution >= 4 is 87.5 Å². The van der Waals surface area contributed by atoms with Crippen LogP contribution in [-0.4, -0.2) is 32.8 Å². The van der Waals surface area contributed by atoms with Gasteiger partial charge < -0.3 is 13.7 Å². The van der Waals surface area contributed by atoms with Crippen molar-refractivity contribution in [2.75, 3.05) is 0 Å². The van der Waals surface area contributed by atoms with Crippen molar-refractivity contribution in [3.8, 4) is 62.3 Å². The maximum atomic E-state index is 5.44. The van der Waals surface area contributed by atoms with E-state index in [1.165, 1.54) is 76.6 Å². The molecule has 12 aromatic carbocycles. The van der Waals surface area contributed by atoms with Gasteiger partial charge in [0.15, 0.2) is 0 Å². The van der Waals surface area contributed by atoms with E-state index in [0.717, 1.165) is 95.4 Å². The van der Waals surface area contributed by atoms with Crippen LogP contribution in [0.25, 0.3) is 150 Å². The van der Waals surface area contributed by atoms with E-state index in [-0.39, 0.29) is 21.7 Å². The van der Waals surface area contributed by atoms with E-state index in [1.807, 2.05) is 0 Å². The van der Waals surface area contributed by atoms with Gasteiger partial charge in [-0.2, -0.15) is 0 Å². The Morgan fingerprint density at radius 1 is 0.206 bits per heavy atom. The molecule has 474 valence electrons. The highest BCUT2D eigenvalue weighted by Crippen LogP contribution is 2.45. The predicted molar refractivity (Wildman–Crippen MR) is 410 cm³/mol. The van der Waals surface area contributed by atoms with Crippen molar-refractivity contribution in [3.05, 3.63) is 283 Å². The lowest BCUT2D eigenvalue weighted by molar-refractivity contribution is 0.590. The Morgan fingerprint density at radius 3 is 0.835 bits per heavy atom. The van der Waals surface area contributed by atoms with Crippen LogP contribution in [0.3, 0.4) is 0 Å². The zero-order valence-electron chi connectivity index (χ0n) is 57.5. The van der Waals surface area contributed by atoms with Gasteiger partial charge in [0.2, 0.25) is 0 Å². The molecule has 0 radical (unpaired) electrons. The van der Waals surface area contributed by atoms with Crippen molar-refractivity contribution < 1.29 is 0 Å². The molecular weight excluding hydrogens is 1180 g/mol. The number of benzene rings is 12. The molecule has 5 aromatic heterocycles. The van der Waals surface area contributed by atoms with Crippen molar-refractivity contribution in [1.82, 2.24) is 32.8 Å². The van der Waals surface area contributed by atoms with Crippen LogP contribution < -0.4 is 0 Å². The topological polar surface area (TPSA) is 50.4 Å². The lowest BCUT2D eigenvalue weighted by Crippen LogP contribution is -2.10. The van der Waals surface area contributed by atoms with Crippen molar-refractivity contribution in [1.29, 1.82) is 0 Å². The molecule has 0 bridgehead atoms. The first kappa shape index (κ1) is 59.7. The first-order valence-electron chi connectivity index (χ1n) is 34.2. The van der Waals surface area contributed by atoms with Crippen LogP contribution in [0.1, 0.15) is 105 Å². The van der Waals surface area contributed by atoms with Gasteiger partial charge in [-0.05, 0) is 219 Å². The zero-order valence-corrected chi connectivity index (χ0v) is 57.5. The second-order valence-electron chi connectivity index (χ2n) is 30.9. The van der Waals surface area contributed by atoms with Gasteiger partial charge in [0.25, 0.3) is 0 Å². The Balaban J connectivity index is 0.886. The molecule has 0 aliphatic heterocycles.